The van der Waals surface area contributed by atoms with Crippen LogP contribution in [0.25, 0.3) is 11.4 Å². The van der Waals surface area contributed by atoms with E-state index in [1.54, 1.807) is 55.8 Å². The average molecular weight is 366 g/mol. The van der Waals surface area contributed by atoms with Gasteiger partial charge in [-0.25, -0.2) is 0 Å². The molecule has 1 saturated heterocycles. The number of nitrogens with zero attached hydrogens (tertiary/aromatic N) is 4. The van der Waals surface area contributed by atoms with E-state index < -0.39 is 0 Å². The van der Waals surface area contributed by atoms with Gasteiger partial charge in [0.05, 0.1) is 25.8 Å². The highest BCUT2D eigenvalue weighted by molar-refractivity contribution is 5.98. The van der Waals surface area contributed by atoms with Crippen LogP contribution in [-0.4, -0.2) is 41.8 Å². The number of hydrogen-bond donors (Lipinski definition) is 0. The van der Waals surface area contributed by atoms with Crippen molar-refractivity contribution in [3.63, 3.8) is 0 Å². The number of benzene rings is 1. The van der Waals surface area contributed by atoms with E-state index in [9.17, 15) is 4.79 Å². The molecular formula is C19H18N4O4. The molecule has 0 spiro atoms. The van der Waals surface area contributed by atoms with Gasteiger partial charge in [-0.1, -0.05) is 5.16 Å². The van der Waals surface area contributed by atoms with Crippen LogP contribution in [0.5, 0.6) is 11.5 Å². The fourth-order valence-corrected chi connectivity index (χ4v) is 3.13. The van der Waals surface area contributed by atoms with E-state index in [1.165, 1.54) is 0 Å². The first-order valence-electron chi connectivity index (χ1n) is 8.46. The summed E-state index contributed by atoms with van der Waals surface area (Å²) in [4.78, 5) is 22.8. The highest BCUT2D eigenvalue weighted by Crippen LogP contribution is 2.38. The number of carbonyl (C=O) groups is 1. The summed E-state index contributed by atoms with van der Waals surface area (Å²) >= 11 is 0. The molecule has 3 heterocycles. The van der Waals surface area contributed by atoms with Crippen molar-refractivity contribution in [3.8, 4) is 22.9 Å². The average Bonchev–Trinajstić information content (AvgIpc) is 3.35. The van der Waals surface area contributed by atoms with Crippen LogP contribution in [0, 0.1) is 0 Å². The van der Waals surface area contributed by atoms with Gasteiger partial charge < -0.3 is 18.9 Å². The Labute approximate surface area is 155 Å². The Morgan fingerprint density at radius 1 is 1.22 bits per heavy atom. The number of pyridine rings is 1. The first-order chi connectivity index (χ1) is 13.2. The molecule has 1 atom stereocenters. The number of ether oxygens (including phenoxy) is 2. The molecule has 0 N–H and O–H groups in total. The minimum Gasteiger partial charge on any atom is -0.497 e. The topological polar surface area (TPSA) is 90.6 Å². The monoisotopic (exact) mass is 366 g/mol. The molecule has 8 heteroatoms. The van der Waals surface area contributed by atoms with Gasteiger partial charge in [0.25, 0.3) is 0 Å². The highest BCUT2D eigenvalue weighted by Gasteiger charge is 2.36. The minimum atomic E-state index is -0.189. The van der Waals surface area contributed by atoms with Crippen LogP contribution < -0.4 is 14.4 Å². The van der Waals surface area contributed by atoms with E-state index >= 15 is 0 Å². The predicted molar refractivity (Wildman–Crippen MR) is 96.8 cm³/mol. The molecular weight excluding hydrogens is 348 g/mol. The smallest absolute Gasteiger partial charge is 0.232 e. The molecule has 1 aliphatic rings. The van der Waals surface area contributed by atoms with E-state index in [1.807, 2.05) is 6.07 Å². The van der Waals surface area contributed by atoms with Crippen molar-refractivity contribution in [1.29, 1.82) is 0 Å². The van der Waals surface area contributed by atoms with Crippen LogP contribution in [0.2, 0.25) is 0 Å². The molecule has 8 nitrogen and oxygen atoms in total. The zero-order valence-corrected chi connectivity index (χ0v) is 15.0. The molecule has 1 unspecified atom stereocenters. The van der Waals surface area contributed by atoms with Crippen molar-refractivity contribution in [3.05, 3.63) is 48.6 Å². The van der Waals surface area contributed by atoms with Gasteiger partial charge >= 0.3 is 0 Å². The first-order valence-corrected chi connectivity index (χ1v) is 8.46. The molecule has 1 fully saturated rings. The third-order valence-corrected chi connectivity index (χ3v) is 4.51. The summed E-state index contributed by atoms with van der Waals surface area (Å²) in [6.07, 6.45) is 3.64. The van der Waals surface area contributed by atoms with Gasteiger partial charge in [-0.3, -0.25) is 9.78 Å². The third kappa shape index (κ3) is 3.21. The Bertz CT molecular complexity index is 957. The van der Waals surface area contributed by atoms with Crippen molar-refractivity contribution in [2.45, 2.75) is 12.3 Å². The lowest BCUT2D eigenvalue weighted by atomic mass is 10.1. The second-order valence-electron chi connectivity index (χ2n) is 6.14. The number of aromatic nitrogens is 3. The Hall–Kier alpha value is -3.42. The molecule has 1 aromatic carbocycles. The van der Waals surface area contributed by atoms with Crippen molar-refractivity contribution in [2.24, 2.45) is 0 Å². The number of anilines is 1. The SMILES string of the molecule is COc1ccc(OC)c(N2CC(c3nc(-c4cccnc4)no3)CC2=O)c1. The van der Waals surface area contributed by atoms with Gasteiger partial charge in [-0.2, -0.15) is 4.98 Å². The van der Waals surface area contributed by atoms with Crippen LogP contribution in [-0.2, 0) is 4.79 Å². The lowest BCUT2D eigenvalue weighted by Gasteiger charge is -2.20. The van der Waals surface area contributed by atoms with Crippen molar-refractivity contribution >= 4 is 11.6 Å². The highest BCUT2D eigenvalue weighted by atomic mass is 16.5. The van der Waals surface area contributed by atoms with Crippen molar-refractivity contribution in [2.75, 3.05) is 25.7 Å². The van der Waals surface area contributed by atoms with Gasteiger partial charge in [0.2, 0.25) is 17.6 Å². The standard InChI is InChI=1S/C19H18N4O4/c1-25-14-5-6-16(26-2)15(9-14)23-11-13(8-17(23)24)19-21-18(22-27-19)12-4-3-7-20-10-12/h3-7,9-10,13H,8,11H2,1-2H3. The molecule has 3 aromatic rings. The fraction of sp³-hybridized carbons (Fsp3) is 0.263. The maximum Gasteiger partial charge on any atom is 0.232 e. The van der Waals surface area contributed by atoms with Crippen molar-refractivity contribution in [1.82, 2.24) is 15.1 Å². The maximum absolute atomic E-state index is 12.6. The molecule has 2 aromatic heterocycles. The fourth-order valence-electron chi connectivity index (χ4n) is 3.13. The molecule has 0 radical (unpaired) electrons. The summed E-state index contributed by atoms with van der Waals surface area (Å²) in [6, 6.07) is 9.02. The molecule has 1 aliphatic heterocycles. The normalized spacial score (nSPS) is 16.6. The number of rotatable bonds is 5. The summed E-state index contributed by atoms with van der Waals surface area (Å²) < 4.78 is 16.1. The van der Waals surface area contributed by atoms with Gasteiger partial charge in [0.15, 0.2) is 0 Å². The number of carbonyl (C=O) groups excluding carboxylic acids is 1. The van der Waals surface area contributed by atoms with E-state index in [4.69, 9.17) is 14.0 Å². The molecule has 138 valence electrons. The molecule has 4 rings (SSSR count). The van der Waals surface area contributed by atoms with Crippen LogP contribution in [0.1, 0.15) is 18.2 Å². The van der Waals surface area contributed by atoms with E-state index in [0.717, 1.165) is 5.56 Å². The quantitative estimate of drug-likeness (QED) is 0.685. The second kappa shape index (κ2) is 7.06. The summed E-state index contributed by atoms with van der Waals surface area (Å²) in [5.41, 5.74) is 1.43. The van der Waals surface area contributed by atoms with Gasteiger partial charge in [0.1, 0.15) is 11.5 Å². The number of methoxy groups -OCH3 is 2. The van der Waals surface area contributed by atoms with E-state index in [2.05, 4.69) is 15.1 Å². The first kappa shape index (κ1) is 17.0. The van der Waals surface area contributed by atoms with Crippen LogP contribution >= 0.6 is 0 Å². The van der Waals surface area contributed by atoms with Gasteiger partial charge in [-0.05, 0) is 24.3 Å². The lowest BCUT2D eigenvalue weighted by Crippen LogP contribution is -2.24. The van der Waals surface area contributed by atoms with Crippen molar-refractivity contribution < 1.29 is 18.8 Å². The predicted octanol–water partition coefficient (Wildman–Crippen LogP) is 2.67. The van der Waals surface area contributed by atoms with Gasteiger partial charge in [-0.15, -0.1) is 0 Å². The molecule has 0 aliphatic carbocycles. The van der Waals surface area contributed by atoms with Gasteiger partial charge in [0, 0.05) is 37.0 Å². The lowest BCUT2D eigenvalue weighted by molar-refractivity contribution is -0.117. The molecule has 0 saturated carbocycles. The van der Waals surface area contributed by atoms with Crippen LogP contribution in [0.4, 0.5) is 5.69 Å². The zero-order valence-electron chi connectivity index (χ0n) is 15.0. The summed E-state index contributed by atoms with van der Waals surface area (Å²) in [5.74, 6) is 1.93. The van der Waals surface area contributed by atoms with E-state index in [0.29, 0.717) is 35.4 Å². The minimum absolute atomic E-state index is 0.0346. The second-order valence-corrected chi connectivity index (χ2v) is 6.14. The Balaban J connectivity index is 1.59. The molecule has 0 bridgehead atoms. The Kier molecular flexibility index (Phi) is 4.45. The van der Waals surface area contributed by atoms with Crippen LogP contribution in [0.15, 0.2) is 47.2 Å². The summed E-state index contributed by atoms with van der Waals surface area (Å²) in [6.45, 7) is 0.428. The molecule has 27 heavy (non-hydrogen) atoms. The summed E-state index contributed by atoms with van der Waals surface area (Å²) in [7, 11) is 3.15. The number of hydrogen-bond acceptors (Lipinski definition) is 7. The Morgan fingerprint density at radius 2 is 2.11 bits per heavy atom. The third-order valence-electron chi connectivity index (χ3n) is 4.51. The molecule has 1 amide bonds. The zero-order chi connectivity index (χ0) is 18.8. The Morgan fingerprint density at radius 3 is 2.85 bits per heavy atom. The van der Waals surface area contributed by atoms with Crippen LogP contribution in [0.3, 0.4) is 0 Å². The number of amides is 1. The largest absolute Gasteiger partial charge is 0.497 e. The van der Waals surface area contributed by atoms with E-state index in [-0.39, 0.29) is 18.2 Å². The summed E-state index contributed by atoms with van der Waals surface area (Å²) in [5, 5.41) is 4.01. The maximum atomic E-state index is 12.6.